The molecule has 2 unspecified atom stereocenters. The van der Waals surface area contributed by atoms with E-state index >= 15 is 4.39 Å². The maximum Gasteiger partial charge on any atom is 0.411 e. The second-order valence-corrected chi connectivity index (χ2v) is 13.1. The number of fused-ring (bicyclic) bond motifs is 5. The van der Waals surface area contributed by atoms with Gasteiger partial charge in [-0.25, -0.2) is 23.1 Å². The van der Waals surface area contributed by atoms with Gasteiger partial charge in [0, 0.05) is 37.5 Å². The number of piperidine rings is 1. The van der Waals surface area contributed by atoms with Crippen LogP contribution in [0.5, 0.6) is 0 Å². The number of halogens is 2. The third-order valence-corrected chi connectivity index (χ3v) is 8.86. The Morgan fingerprint density at radius 1 is 1.02 bits per heavy atom. The van der Waals surface area contributed by atoms with Crippen molar-refractivity contribution in [1.82, 2.24) is 33.6 Å². The molecule has 2 aliphatic heterocycles. The molecule has 2 aliphatic rings. The van der Waals surface area contributed by atoms with Gasteiger partial charge in [-0.3, -0.25) is 18.7 Å². The molecule has 5 heterocycles. The number of hydrogen-bond donors (Lipinski definition) is 0. The lowest BCUT2D eigenvalue weighted by Gasteiger charge is -2.45. The summed E-state index contributed by atoms with van der Waals surface area (Å²) in [5, 5.41) is 9.46. The highest BCUT2D eigenvalue weighted by Gasteiger charge is 2.46. The SMILES string of the molecule is Cc1cc(-n2nc3c(c2-n2ccn(-c4ccc5c(cnn5C)c4F)c2=O)C2CCCC(C3)N2C(=O)OC(C)(C)C)cc(C)c1F. The first-order valence-electron chi connectivity index (χ1n) is 15.1. The molecule has 0 aliphatic carbocycles. The number of aromatic nitrogens is 6. The Bertz CT molecular complexity index is 2040. The Hall–Kier alpha value is -4.74. The molecule has 2 atom stereocenters. The van der Waals surface area contributed by atoms with E-state index in [1.54, 1.807) is 65.6 Å². The Morgan fingerprint density at radius 3 is 2.44 bits per heavy atom. The van der Waals surface area contributed by atoms with Crippen LogP contribution in [0.4, 0.5) is 13.6 Å². The molecule has 234 valence electrons. The third-order valence-electron chi connectivity index (χ3n) is 8.86. The van der Waals surface area contributed by atoms with E-state index in [2.05, 4.69) is 5.10 Å². The molecule has 5 aromatic rings. The number of carbonyl (C=O) groups excluding carboxylic acids is 1. The van der Waals surface area contributed by atoms with Crippen molar-refractivity contribution < 1.29 is 18.3 Å². The molecule has 2 aromatic carbocycles. The Labute approximate surface area is 258 Å². The number of carbonyl (C=O) groups is 1. The van der Waals surface area contributed by atoms with Gasteiger partial charge in [0.15, 0.2) is 5.82 Å². The van der Waals surface area contributed by atoms with Crippen LogP contribution in [-0.4, -0.2) is 51.3 Å². The molecule has 2 bridgehead atoms. The molecule has 0 N–H and O–H groups in total. The molecule has 1 fully saturated rings. The van der Waals surface area contributed by atoms with Crippen molar-refractivity contribution in [3.8, 4) is 17.2 Å². The fraction of sp³-hybridized carbons (Fsp3) is 0.394. The van der Waals surface area contributed by atoms with Gasteiger partial charge in [-0.05, 0) is 89.3 Å². The first-order chi connectivity index (χ1) is 21.3. The Balaban J connectivity index is 1.45. The van der Waals surface area contributed by atoms with Crippen molar-refractivity contribution in [2.75, 3.05) is 0 Å². The minimum absolute atomic E-state index is 0.0840. The van der Waals surface area contributed by atoms with Gasteiger partial charge in [-0.2, -0.15) is 10.2 Å². The standard InChI is InChI=1S/C33H35F2N7O3/c1-18-14-21(15-19(2)28(18)34)42-30(27-23(37-42)16-20-8-7-9-25(27)41(20)32(44)45-33(3,4)5)40-13-12-39(31(40)43)26-11-10-24-22(29(26)35)17-36-38(24)6/h10-15,17,20,25H,7-9,16H2,1-6H3. The van der Waals surface area contributed by atoms with Gasteiger partial charge in [0.05, 0.1) is 40.2 Å². The average molecular weight is 616 g/mol. The molecule has 10 nitrogen and oxygen atoms in total. The zero-order valence-electron chi connectivity index (χ0n) is 26.1. The second-order valence-electron chi connectivity index (χ2n) is 13.1. The zero-order chi connectivity index (χ0) is 31.9. The maximum absolute atomic E-state index is 15.8. The van der Waals surface area contributed by atoms with Crippen molar-refractivity contribution in [2.24, 2.45) is 7.05 Å². The smallest absolute Gasteiger partial charge is 0.411 e. The van der Waals surface area contributed by atoms with Crippen LogP contribution in [0.1, 0.15) is 68.5 Å². The van der Waals surface area contributed by atoms with Gasteiger partial charge in [-0.15, -0.1) is 0 Å². The van der Waals surface area contributed by atoms with Crippen molar-refractivity contribution in [3.63, 3.8) is 0 Å². The minimum atomic E-state index is -0.685. The van der Waals surface area contributed by atoms with E-state index in [0.29, 0.717) is 46.4 Å². The van der Waals surface area contributed by atoms with Crippen molar-refractivity contribution in [2.45, 2.75) is 78.0 Å². The Kier molecular flexibility index (Phi) is 6.54. The van der Waals surface area contributed by atoms with Gasteiger partial charge >= 0.3 is 11.8 Å². The second kappa shape index (κ2) is 10.1. The highest BCUT2D eigenvalue weighted by Crippen LogP contribution is 2.45. The quantitative estimate of drug-likeness (QED) is 0.249. The fourth-order valence-corrected chi connectivity index (χ4v) is 6.88. The molecule has 12 heteroatoms. The summed E-state index contributed by atoms with van der Waals surface area (Å²) in [5.74, 6) is -0.443. The highest BCUT2D eigenvalue weighted by molar-refractivity contribution is 5.81. The van der Waals surface area contributed by atoms with E-state index in [9.17, 15) is 14.0 Å². The molecular formula is C33H35F2N7O3. The monoisotopic (exact) mass is 615 g/mol. The van der Waals surface area contributed by atoms with Gasteiger partial charge in [0.1, 0.15) is 17.2 Å². The molecule has 7 rings (SSSR count). The predicted molar refractivity (Wildman–Crippen MR) is 164 cm³/mol. The molecule has 1 saturated heterocycles. The lowest BCUT2D eigenvalue weighted by molar-refractivity contribution is -0.00974. The van der Waals surface area contributed by atoms with Gasteiger partial charge in [-0.1, -0.05) is 0 Å². The lowest BCUT2D eigenvalue weighted by Crippen LogP contribution is -2.51. The van der Waals surface area contributed by atoms with Gasteiger partial charge < -0.3 is 4.74 Å². The topological polar surface area (TPSA) is 92.1 Å². The van der Waals surface area contributed by atoms with E-state index in [1.807, 2.05) is 20.8 Å². The number of ether oxygens (including phenoxy) is 1. The van der Waals surface area contributed by atoms with Crippen LogP contribution in [0.25, 0.3) is 28.1 Å². The summed E-state index contributed by atoms with van der Waals surface area (Å²) in [5.41, 5.74) is 2.45. The van der Waals surface area contributed by atoms with E-state index in [4.69, 9.17) is 9.84 Å². The fourth-order valence-electron chi connectivity index (χ4n) is 6.88. The first-order valence-corrected chi connectivity index (χ1v) is 15.1. The van der Waals surface area contributed by atoms with Crippen molar-refractivity contribution >= 4 is 17.0 Å². The maximum atomic E-state index is 15.8. The summed E-state index contributed by atoms with van der Waals surface area (Å²) in [4.78, 5) is 29.6. The number of nitrogens with zero attached hydrogens (tertiary/aromatic N) is 7. The summed E-state index contributed by atoms with van der Waals surface area (Å²) in [6.45, 7) is 8.88. The first kappa shape index (κ1) is 29.0. The van der Waals surface area contributed by atoms with Crippen LogP contribution in [0, 0.1) is 25.5 Å². The largest absolute Gasteiger partial charge is 0.444 e. The van der Waals surface area contributed by atoms with Crippen LogP contribution in [-0.2, 0) is 18.2 Å². The Morgan fingerprint density at radius 2 is 1.73 bits per heavy atom. The summed E-state index contributed by atoms with van der Waals surface area (Å²) < 4.78 is 42.3. The number of rotatable bonds is 3. The average Bonchev–Trinajstić information content (AvgIpc) is 3.65. The predicted octanol–water partition coefficient (Wildman–Crippen LogP) is 5.98. The van der Waals surface area contributed by atoms with Gasteiger partial charge in [0.2, 0.25) is 0 Å². The number of aryl methyl sites for hydroxylation is 3. The summed E-state index contributed by atoms with van der Waals surface area (Å²) in [6, 6.07) is 6.16. The molecule has 0 saturated carbocycles. The van der Waals surface area contributed by atoms with Crippen LogP contribution in [0.2, 0.25) is 0 Å². The van der Waals surface area contributed by atoms with E-state index in [-0.39, 0.29) is 17.5 Å². The van der Waals surface area contributed by atoms with Crippen molar-refractivity contribution in [3.05, 3.63) is 87.4 Å². The van der Waals surface area contributed by atoms with Gasteiger partial charge in [0.25, 0.3) is 0 Å². The number of hydrogen-bond acceptors (Lipinski definition) is 5. The molecular weight excluding hydrogens is 580 g/mol. The number of amides is 1. The van der Waals surface area contributed by atoms with Crippen molar-refractivity contribution in [1.29, 1.82) is 0 Å². The third kappa shape index (κ3) is 4.57. The molecule has 1 amide bonds. The lowest BCUT2D eigenvalue weighted by atomic mass is 9.83. The molecule has 0 spiro atoms. The summed E-state index contributed by atoms with van der Waals surface area (Å²) in [6.07, 6.45) is 6.96. The summed E-state index contributed by atoms with van der Waals surface area (Å²) in [7, 11) is 1.73. The molecule has 3 aromatic heterocycles. The highest BCUT2D eigenvalue weighted by atomic mass is 19.1. The minimum Gasteiger partial charge on any atom is -0.444 e. The molecule has 45 heavy (non-hydrogen) atoms. The van der Waals surface area contributed by atoms with Crippen LogP contribution < -0.4 is 5.69 Å². The summed E-state index contributed by atoms with van der Waals surface area (Å²) >= 11 is 0. The van der Waals surface area contributed by atoms with Crippen LogP contribution in [0.15, 0.2) is 47.7 Å². The van der Waals surface area contributed by atoms with Crippen LogP contribution >= 0.6 is 0 Å². The normalized spacial score (nSPS) is 18.0. The zero-order valence-corrected chi connectivity index (χ0v) is 26.1. The number of imidazole rings is 1. The van der Waals surface area contributed by atoms with E-state index < -0.39 is 29.2 Å². The molecule has 0 radical (unpaired) electrons. The van der Waals surface area contributed by atoms with E-state index in [0.717, 1.165) is 24.1 Å². The number of benzene rings is 2. The van der Waals surface area contributed by atoms with Crippen LogP contribution in [0.3, 0.4) is 0 Å². The van der Waals surface area contributed by atoms with E-state index in [1.165, 1.54) is 21.5 Å².